The van der Waals surface area contributed by atoms with E-state index in [0.717, 1.165) is 0 Å². The molecule has 0 aromatic rings. The number of aliphatic carboxylic acids is 1. The van der Waals surface area contributed by atoms with Crippen molar-refractivity contribution in [2.45, 2.75) is 19.4 Å². The number of carboxylic acid groups (broad SMARTS) is 1. The number of carbonyl (C=O) groups excluding carboxylic acids is 1. The lowest BCUT2D eigenvalue weighted by Gasteiger charge is -2.23. The van der Waals surface area contributed by atoms with Crippen molar-refractivity contribution >= 4 is 17.8 Å². The average molecular weight is 209 g/mol. The number of nitrogens with one attached hydrogen (secondary N) is 1. The molecule has 0 unspecified atom stereocenters. The van der Waals surface area contributed by atoms with Crippen LogP contribution in [0.4, 0.5) is 4.79 Å². The number of rotatable bonds is 1. The summed E-state index contributed by atoms with van der Waals surface area (Å²) in [5.74, 6) is -0.840. The Hall–Kier alpha value is -1.85. The quantitative estimate of drug-likeness (QED) is 0.645. The maximum absolute atomic E-state index is 11.4. The molecule has 6 heteroatoms. The van der Waals surface area contributed by atoms with Gasteiger partial charge in [-0.1, -0.05) is 0 Å². The van der Waals surface area contributed by atoms with E-state index in [0.29, 0.717) is 6.54 Å². The van der Waals surface area contributed by atoms with Crippen LogP contribution in [0, 0.1) is 0 Å². The first kappa shape index (κ1) is 9.70. The van der Waals surface area contributed by atoms with Gasteiger partial charge in [-0.15, -0.1) is 0 Å². The molecule has 0 aliphatic carbocycles. The van der Waals surface area contributed by atoms with Crippen LogP contribution >= 0.6 is 0 Å². The van der Waals surface area contributed by atoms with Crippen LogP contribution in [0.2, 0.25) is 0 Å². The topological polar surface area (TPSA) is 82.0 Å². The van der Waals surface area contributed by atoms with Gasteiger partial charge in [-0.2, -0.15) is 0 Å². The Kier molecular flexibility index (Phi) is 1.82. The van der Waals surface area contributed by atoms with E-state index in [4.69, 9.17) is 5.11 Å². The third-order valence-electron chi connectivity index (χ3n) is 2.27. The molecule has 2 rings (SSSR count). The molecule has 0 bridgehead atoms. The summed E-state index contributed by atoms with van der Waals surface area (Å²) in [7, 11) is 0. The highest BCUT2D eigenvalue weighted by Gasteiger charge is 2.40. The molecule has 0 aromatic heterocycles. The van der Waals surface area contributed by atoms with Gasteiger partial charge in [0, 0.05) is 6.20 Å². The molecule has 0 atom stereocenters. The van der Waals surface area contributed by atoms with E-state index in [1.807, 2.05) is 13.8 Å². The third-order valence-corrected chi connectivity index (χ3v) is 2.27. The Balaban J connectivity index is 2.46. The van der Waals surface area contributed by atoms with Crippen molar-refractivity contribution in [2.75, 3.05) is 6.54 Å². The van der Waals surface area contributed by atoms with Gasteiger partial charge in [0.15, 0.2) is 0 Å². The van der Waals surface area contributed by atoms with Crippen molar-refractivity contribution in [3.63, 3.8) is 0 Å². The Morgan fingerprint density at radius 1 is 1.67 bits per heavy atom. The van der Waals surface area contributed by atoms with Gasteiger partial charge in [-0.3, -0.25) is 9.89 Å². The van der Waals surface area contributed by atoms with Crippen LogP contribution in [0.15, 0.2) is 16.8 Å². The Labute approximate surface area is 86.3 Å². The molecule has 0 spiro atoms. The van der Waals surface area contributed by atoms with E-state index < -0.39 is 11.5 Å². The van der Waals surface area contributed by atoms with Crippen molar-refractivity contribution in [1.29, 1.82) is 0 Å². The van der Waals surface area contributed by atoms with Gasteiger partial charge in [0.2, 0.25) is 0 Å². The van der Waals surface area contributed by atoms with Crippen molar-refractivity contribution < 1.29 is 14.7 Å². The standard InChI is InChI=1S/C9H11N3O3/c1-9(2)4-12-6(11-9)5(7(13)14)3-10-8(12)15/h3H,4H2,1-2H3,(H,10,15)(H,13,14). The first-order valence-corrected chi connectivity index (χ1v) is 4.52. The highest BCUT2D eigenvalue weighted by Crippen LogP contribution is 2.25. The largest absolute Gasteiger partial charge is 0.478 e. The fraction of sp³-hybridized carbons (Fsp3) is 0.444. The van der Waals surface area contributed by atoms with Crippen molar-refractivity contribution in [3.8, 4) is 0 Å². The number of carboxylic acids is 1. The van der Waals surface area contributed by atoms with Crippen LogP contribution in [0.1, 0.15) is 13.8 Å². The minimum atomic E-state index is -1.09. The normalized spacial score (nSPS) is 22.8. The van der Waals surface area contributed by atoms with Crippen LogP contribution in [-0.2, 0) is 4.79 Å². The Morgan fingerprint density at radius 3 is 2.93 bits per heavy atom. The predicted octanol–water partition coefficient (Wildman–Crippen LogP) is 0.171. The molecule has 0 radical (unpaired) electrons. The fourth-order valence-electron chi connectivity index (χ4n) is 1.65. The zero-order valence-corrected chi connectivity index (χ0v) is 8.44. The lowest BCUT2D eigenvalue weighted by atomic mass is 10.1. The average Bonchev–Trinajstić information content (AvgIpc) is 2.41. The third kappa shape index (κ3) is 1.47. The first-order valence-electron chi connectivity index (χ1n) is 4.52. The van der Waals surface area contributed by atoms with Gasteiger partial charge in [0.25, 0.3) is 0 Å². The zero-order valence-electron chi connectivity index (χ0n) is 8.44. The molecule has 0 fully saturated rings. The van der Waals surface area contributed by atoms with Crippen LogP contribution in [0.5, 0.6) is 0 Å². The second-order valence-corrected chi connectivity index (χ2v) is 4.15. The molecule has 15 heavy (non-hydrogen) atoms. The van der Waals surface area contributed by atoms with Gasteiger partial charge in [-0.25, -0.2) is 9.59 Å². The second-order valence-electron chi connectivity index (χ2n) is 4.15. The number of hydrogen-bond acceptors (Lipinski definition) is 3. The second kappa shape index (κ2) is 2.82. The molecular weight excluding hydrogens is 198 g/mol. The number of nitrogens with zero attached hydrogens (tertiary/aromatic N) is 2. The number of urea groups is 1. The number of fused-ring (bicyclic) bond motifs is 1. The molecular formula is C9H11N3O3. The van der Waals surface area contributed by atoms with Crippen molar-refractivity contribution in [2.24, 2.45) is 4.99 Å². The van der Waals surface area contributed by atoms with Gasteiger partial charge >= 0.3 is 12.0 Å². The molecule has 6 nitrogen and oxygen atoms in total. The van der Waals surface area contributed by atoms with Crippen LogP contribution in [0.3, 0.4) is 0 Å². The van der Waals surface area contributed by atoms with E-state index in [2.05, 4.69) is 10.3 Å². The molecule has 2 amide bonds. The van der Waals surface area contributed by atoms with E-state index in [9.17, 15) is 9.59 Å². The van der Waals surface area contributed by atoms with Gasteiger partial charge in [0.05, 0.1) is 12.1 Å². The number of carbonyl (C=O) groups is 2. The monoisotopic (exact) mass is 209 g/mol. The maximum Gasteiger partial charge on any atom is 0.340 e. The summed E-state index contributed by atoms with van der Waals surface area (Å²) < 4.78 is 0. The molecule has 2 N–H and O–H groups in total. The van der Waals surface area contributed by atoms with Crippen LogP contribution in [0.25, 0.3) is 0 Å². The van der Waals surface area contributed by atoms with Crippen molar-refractivity contribution in [3.05, 3.63) is 11.8 Å². The molecule has 2 aliphatic rings. The molecule has 0 saturated carbocycles. The summed E-state index contributed by atoms with van der Waals surface area (Å²) in [6.45, 7) is 4.11. The summed E-state index contributed by atoms with van der Waals surface area (Å²) in [4.78, 5) is 27.9. The van der Waals surface area contributed by atoms with Gasteiger partial charge in [-0.05, 0) is 13.8 Å². The van der Waals surface area contributed by atoms with Crippen LogP contribution in [-0.4, -0.2) is 39.9 Å². The Morgan fingerprint density at radius 2 is 2.33 bits per heavy atom. The molecule has 2 aliphatic heterocycles. The van der Waals surface area contributed by atoms with Crippen molar-refractivity contribution in [1.82, 2.24) is 10.2 Å². The first-order chi connectivity index (χ1) is 6.91. The van der Waals surface area contributed by atoms with E-state index in [-0.39, 0.29) is 17.4 Å². The lowest BCUT2D eigenvalue weighted by Crippen LogP contribution is -2.47. The summed E-state index contributed by atoms with van der Waals surface area (Å²) in [5.41, 5.74) is -0.397. The fourth-order valence-corrected chi connectivity index (χ4v) is 1.65. The number of amides is 2. The SMILES string of the molecule is CC1(C)CN2C(=O)NC=C(C(=O)O)C2=N1. The molecule has 0 saturated heterocycles. The van der Waals surface area contributed by atoms with Crippen LogP contribution < -0.4 is 5.32 Å². The predicted molar refractivity (Wildman–Crippen MR) is 52.5 cm³/mol. The summed E-state index contributed by atoms with van der Waals surface area (Å²) in [6, 6.07) is -0.329. The number of hydrogen-bond donors (Lipinski definition) is 2. The van der Waals surface area contributed by atoms with E-state index in [1.54, 1.807) is 0 Å². The van der Waals surface area contributed by atoms with E-state index >= 15 is 0 Å². The Bertz CT molecular complexity index is 409. The van der Waals surface area contributed by atoms with E-state index in [1.165, 1.54) is 11.1 Å². The molecule has 2 heterocycles. The summed E-state index contributed by atoms with van der Waals surface area (Å²) >= 11 is 0. The molecule has 80 valence electrons. The molecule has 0 aromatic carbocycles. The highest BCUT2D eigenvalue weighted by atomic mass is 16.4. The smallest absolute Gasteiger partial charge is 0.340 e. The minimum Gasteiger partial charge on any atom is -0.478 e. The van der Waals surface area contributed by atoms with Gasteiger partial charge < -0.3 is 10.4 Å². The highest BCUT2D eigenvalue weighted by molar-refractivity contribution is 6.24. The summed E-state index contributed by atoms with van der Waals surface area (Å²) in [6.07, 6.45) is 1.18. The minimum absolute atomic E-state index is 0.0279. The number of amidine groups is 1. The summed E-state index contributed by atoms with van der Waals surface area (Å²) in [5, 5.41) is 11.3. The maximum atomic E-state index is 11.4. The lowest BCUT2D eigenvalue weighted by molar-refractivity contribution is -0.132. The van der Waals surface area contributed by atoms with Gasteiger partial charge in [0.1, 0.15) is 11.4 Å². The number of aliphatic imine (C=N–C) groups is 1. The zero-order chi connectivity index (χ0) is 11.2.